The number of urea groups is 1. The smallest absolute Gasteiger partial charge is 0.315 e. The fraction of sp³-hybridized carbons (Fsp3) is 0.417. The van der Waals surface area contributed by atoms with Crippen molar-refractivity contribution < 1.29 is 13.6 Å². The van der Waals surface area contributed by atoms with Gasteiger partial charge >= 0.3 is 6.03 Å². The molecule has 34 heavy (non-hydrogen) atoms. The highest BCUT2D eigenvalue weighted by Gasteiger charge is 2.24. The highest BCUT2D eigenvalue weighted by molar-refractivity contribution is 5.75. The summed E-state index contributed by atoms with van der Waals surface area (Å²) in [6, 6.07) is 6.72. The van der Waals surface area contributed by atoms with Crippen molar-refractivity contribution in [2.75, 3.05) is 5.32 Å². The lowest BCUT2D eigenvalue weighted by molar-refractivity contribution is 0.146. The van der Waals surface area contributed by atoms with Gasteiger partial charge in [-0.25, -0.2) is 23.5 Å². The second kappa shape index (κ2) is 9.74. The number of amides is 2. The summed E-state index contributed by atoms with van der Waals surface area (Å²) in [4.78, 5) is 20.2. The minimum atomic E-state index is -2.67. The van der Waals surface area contributed by atoms with Crippen LogP contribution in [0.5, 0.6) is 0 Å². The number of anilines is 2. The molecule has 0 atom stereocenters. The largest absolute Gasteiger partial charge is 0.334 e. The Labute approximate surface area is 198 Å². The van der Waals surface area contributed by atoms with Crippen LogP contribution in [0.25, 0.3) is 11.1 Å². The summed E-state index contributed by atoms with van der Waals surface area (Å²) >= 11 is 0. The highest BCUT2D eigenvalue weighted by Crippen LogP contribution is 2.26. The van der Waals surface area contributed by atoms with Gasteiger partial charge in [0.25, 0.3) is 6.43 Å². The second-order valence-electron chi connectivity index (χ2n) is 9.96. The molecule has 0 unspecified atom stereocenters. The summed E-state index contributed by atoms with van der Waals surface area (Å²) in [6.45, 7) is 12.0. The van der Waals surface area contributed by atoms with E-state index in [0.717, 1.165) is 16.7 Å². The molecule has 8 nitrogen and oxygen atoms in total. The maximum atomic E-state index is 12.9. The highest BCUT2D eigenvalue weighted by atomic mass is 19.3. The van der Waals surface area contributed by atoms with E-state index in [0.29, 0.717) is 12.2 Å². The number of nitrogens with zero attached hydrogens (tertiary/aromatic N) is 4. The molecule has 3 N–H and O–H groups in total. The molecule has 0 bridgehead atoms. The van der Waals surface area contributed by atoms with Crippen LogP contribution in [0.1, 0.15) is 52.3 Å². The van der Waals surface area contributed by atoms with Gasteiger partial charge in [0, 0.05) is 29.2 Å². The van der Waals surface area contributed by atoms with Crippen molar-refractivity contribution in [3.63, 3.8) is 0 Å². The number of carbonyl (C=O) groups is 1. The van der Waals surface area contributed by atoms with Gasteiger partial charge in [0.15, 0.2) is 0 Å². The van der Waals surface area contributed by atoms with Gasteiger partial charge in [0.05, 0.1) is 18.3 Å². The lowest BCUT2D eigenvalue weighted by Crippen LogP contribution is -2.54. The predicted octanol–water partition coefficient (Wildman–Crippen LogP) is 5.21. The molecule has 0 spiro atoms. The topological polar surface area (TPSA) is 96.8 Å². The number of halogens is 2. The van der Waals surface area contributed by atoms with Crippen molar-refractivity contribution in [3.05, 3.63) is 54.1 Å². The molecule has 3 rings (SSSR count). The van der Waals surface area contributed by atoms with Crippen LogP contribution in [0.4, 0.5) is 25.2 Å². The fourth-order valence-electron chi connectivity index (χ4n) is 3.43. The fourth-order valence-corrected chi connectivity index (χ4v) is 3.43. The SMILES string of the molecule is Cc1cc(Nc2nccc(C(F)F)n2)cc(-c2cnn(CC(C)(C)NC(=O)NC(C)(C)C)c2)c1. The normalized spacial score (nSPS) is 12.0. The molecule has 0 aliphatic rings. The van der Waals surface area contributed by atoms with E-state index in [9.17, 15) is 13.6 Å². The van der Waals surface area contributed by atoms with E-state index in [2.05, 4.69) is 31.0 Å². The van der Waals surface area contributed by atoms with Crippen LogP contribution in [-0.4, -0.2) is 36.9 Å². The van der Waals surface area contributed by atoms with Crippen molar-refractivity contribution in [2.45, 2.75) is 65.6 Å². The van der Waals surface area contributed by atoms with Crippen LogP contribution in [0, 0.1) is 6.92 Å². The van der Waals surface area contributed by atoms with Gasteiger partial charge in [-0.05, 0) is 70.9 Å². The van der Waals surface area contributed by atoms with E-state index in [-0.39, 0.29) is 23.2 Å². The first kappa shape index (κ1) is 25.1. The van der Waals surface area contributed by atoms with Gasteiger partial charge in [-0.3, -0.25) is 4.68 Å². The Bertz CT molecular complexity index is 1150. The van der Waals surface area contributed by atoms with Gasteiger partial charge in [-0.2, -0.15) is 5.10 Å². The van der Waals surface area contributed by atoms with Gasteiger partial charge in [-0.1, -0.05) is 6.07 Å². The van der Waals surface area contributed by atoms with E-state index < -0.39 is 12.0 Å². The summed E-state index contributed by atoms with van der Waals surface area (Å²) in [7, 11) is 0. The summed E-state index contributed by atoms with van der Waals surface area (Å²) in [5, 5.41) is 13.3. The standard InChI is InChI=1S/C24H31F2N7O/c1-15-9-16(11-18(10-15)29-21-27-8-7-19(30-21)20(25)26)17-12-28-33(13-17)14-24(5,6)32-22(34)31-23(2,3)4/h7-13,20H,14H2,1-6H3,(H,27,29,30)(H2,31,32,34). The van der Waals surface area contributed by atoms with Crippen LogP contribution in [0.15, 0.2) is 42.9 Å². The third-order valence-electron chi connectivity index (χ3n) is 4.70. The zero-order valence-corrected chi connectivity index (χ0v) is 20.3. The molecule has 3 aromatic rings. The molecular formula is C24H31F2N7O. The Morgan fingerprint density at radius 3 is 2.50 bits per heavy atom. The summed E-state index contributed by atoms with van der Waals surface area (Å²) in [6.07, 6.45) is 2.28. The molecule has 2 aromatic heterocycles. The minimum absolute atomic E-state index is 0.103. The van der Waals surface area contributed by atoms with Gasteiger partial charge in [0.2, 0.25) is 5.95 Å². The third kappa shape index (κ3) is 7.23. The number of carbonyl (C=O) groups excluding carboxylic acids is 1. The number of aromatic nitrogens is 4. The number of benzene rings is 1. The molecule has 0 radical (unpaired) electrons. The van der Waals surface area contributed by atoms with Gasteiger partial charge < -0.3 is 16.0 Å². The summed E-state index contributed by atoms with van der Waals surface area (Å²) in [5.74, 6) is 0.103. The molecule has 0 saturated carbocycles. The van der Waals surface area contributed by atoms with Gasteiger partial charge in [-0.15, -0.1) is 0 Å². The molecule has 0 aliphatic carbocycles. The Morgan fingerprint density at radius 2 is 1.82 bits per heavy atom. The maximum absolute atomic E-state index is 12.9. The van der Waals surface area contributed by atoms with Crippen molar-refractivity contribution in [3.8, 4) is 11.1 Å². The van der Waals surface area contributed by atoms with Crippen molar-refractivity contribution in [1.82, 2.24) is 30.4 Å². The van der Waals surface area contributed by atoms with E-state index in [1.165, 1.54) is 12.3 Å². The zero-order valence-electron chi connectivity index (χ0n) is 20.3. The van der Waals surface area contributed by atoms with Crippen LogP contribution < -0.4 is 16.0 Å². The lowest BCUT2D eigenvalue weighted by atomic mass is 10.0. The molecule has 2 amide bonds. The molecule has 0 aliphatic heterocycles. The van der Waals surface area contributed by atoms with Crippen molar-refractivity contribution >= 4 is 17.7 Å². The molecule has 10 heteroatoms. The Kier molecular flexibility index (Phi) is 7.18. The first-order valence-electron chi connectivity index (χ1n) is 10.9. The van der Waals surface area contributed by atoms with E-state index in [4.69, 9.17) is 0 Å². The quantitative estimate of drug-likeness (QED) is 0.440. The number of alkyl halides is 2. The molecule has 0 saturated heterocycles. The Morgan fingerprint density at radius 1 is 1.09 bits per heavy atom. The van der Waals surface area contributed by atoms with E-state index >= 15 is 0 Å². The van der Waals surface area contributed by atoms with Gasteiger partial charge in [0.1, 0.15) is 5.69 Å². The molecule has 2 heterocycles. The number of rotatable bonds is 7. The first-order chi connectivity index (χ1) is 15.8. The predicted molar refractivity (Wildman–Crippen MR) is 128 cm³/mol. The lowest BCUT2D eigenvalue weighted by Gasteiger charge is -2.29. The van der Waals surface area contributed by atoms with E-state index in [1.807, 2.05) is 65.9 Å². The van der Waals surface area contributed by atoms with Crippen LogP contribution >= 0.6 is 0 Å². The Hall–Kier alpha value is -3.56. The third-order valence-corrected chi connectivity index (χ3v) is 4.70. The summed E-state index contributed by atoms with van der Waals surface area (Å²) in [5.41, 5.74) is 2.22. The maximum Gasteiger partial charge on any atom is 0.315 e. The number of hydrogen-bond acceptors (Lipinski definition) is 5. The van der Waals surface area contributed by atoms with Crippen LogP contribution in [0.2, 0.25) is 0 Å². The number of hydrogen-bond donors (Lipinski definition) is 3. The molecular weight excluding hydrogens is 440 g/mol. The second-order valence-corrected chi connectivity index (χ2v) is 9.96. The van der Waals surface area contributed by atoms with Crippen molar-refractivity contribution in [1.29, 1.82) is 0 Å². The number of nitrogens with one attached hydrogen (secondary N) is 3. The number of aryl methyl sites for hydroxylation is 1. The summed E-state index contributed by atoms with van der Waals surface area (Å²) < 4.78 is 27.7. The van der Waals surface area contributed by atoms with Crippen LogP contribution in [0.3, 0.4) is 0 Å². The zero-order chi connectivity index (χ0) is 25.1. The molecule has 1 aromatic carbocycles. The molecule has 182 valence electrons. The monoisotopic (exact) mass is 471 g/mol. The average molecular weight is 472 g/mol. The van der Waals surface area contributed by atoms with Crippen molar-refractivity contribution in [2.24, 2.45) is 0 Å². The van der Waals surface area contributed by atoms with Crippen LogP contribution in [-0.2, 0) is 6.54 Å². The average Bonchev–Trinajstić information content (AvgIpc) is 3.13. The Balaban J connectivity index is 1.74. The first-order valence-corrected chi connectivity index (χ1v) is 10.9. The molecule has 0 fully saturated rings. The minimum Gasteiger partial charge on any atom is -0.334 e. The van der Waals surface area contributed by atoms with E-state index in [1.54, 1.807) is 10.9 Å².